The van der Waals surface area contributed by atoms with E-state index in [1.54, 1.807) is 0 Å². The lowest BCUT2D eigenvalue weighted by Crippen LogP contribution is -2.38. The van der Waals surface area contributed by atoms with Gasteiger partial charge in [-0.1, -0.05) is 103 Å². The van der Waals surface area contributed by atoms with Gasteiger partial charge in [0.2, 0.25) is 0 Å². The third-order valence-electron chi connectivity index (χ3n) is 5.39. The summed E-state index contributed by atoms with van der Waals surface area (Å²) in [4.78, 5) is 22.3. The van der Waals surface area contributed by atoms with E-state index in [9.17, 15) is 14.3 Å². The fraction of sp³-hybridized carbons (Fsp3) is 0.296. The molecule has 0 aliphatic heterocycles. The molecule has 3 aromatic carbocycles. The zero-order valence-corrected chi connectivity index (χ0v) is 21.4. The quantitative estimate of drug-likeness (QED) is 0.195. The lowest BCUT2D eigenvalue weighted by Gasteiger charge is -2.38. The zero-order valence-electron chi connectivity index (χ0n) is 19.7. The zero-order chi connectivity index (χ0) is 24.7. The molecule has 0 spiro atoms. The van der Waals surface area contributed by atoms with E-state index in [0.29, 0.717) is 5.75 Å². The SMILES string of the molecule is CC(C)(COC(c1ccccc1)(c1ccccc1)c1ccccc1)C(=O)SCCOP(C)(=O)O. The maximum Gasteiger partial charge on any atom is 0.325 e. The van der Waals surface area contributed by atoms with Crippen LogP contribution in [0.15, 0.2) is 91.0 Å². The van der Waals surface area contributed by atoms with Crippen molar-refractivity contribution in [1.29, 1.82) is 0 Å². The fourth-order valence-electron chi connectivity index (χ4n) is 3.65. The largest absolute Gasteiger partial charge is 0.360 e. The number of benzene rings is 3. The second-order valence-corrected chi connectivity index (χ2v) is 11.7. The van der Waals surface area contributed by atoms with Crippen molar-refractivity contribution in [2.24, 2.45) is 5.41 Å². The highest BCUT2D eigenvalue weighted by Crippen LogP contribution is 2.42. The molecular weight excluding hydrogens is 467 g/mol. The normalized spacial score (nSPS) is 13.9. The van der Waals surface area contributed by atoms with Gasteiger partial charge >= 0.3 is 7.60 Å². The Morgan fingerprint density at radius 1 is 0.853 bits per heavy atom. The van der Waals surface area contributed by atoms with Gasteiger partial charge < -0.3 is 14.2 Å². The van der Waals surface area contributed by atoms with Gasteiger partial charge in [0, 0.05) is 12.4 Å². The molecule has 0 saturated heterocycles. The molecule has 1 atom stereocenters. The molecule has 0 aromatic heterocycles. The number of rotatable bonds is 11. The van der Waals surface area contributed by atoms with Crippen LogP contribution in [-0.4, -0.2) is 35.6 Å². The minimum atomic E-state index is -3.55. The van der Waals surface area contributed by atoms with Gasteiger partial charge in [0.1, 0.15) is 5.60 Å². The maximum absolute atomic E-state index is 13.0. The summed E-state index contributed by atoms with van der Waals surface area (Å²) >= 11 is 1.09. The Hall–Kier alpha value is -2.21. The molecule has 0 bridgehead atoms. The van der Waals surface area contributed by atoms with E-state index in [1.165, 1.54) is 0 Å². The summed E-state index contributed by atoms with van der Waals surface area (Å²) in [7, 11) is -3.55. The monoisotopic (exact) mass is 498 g/mol. The van der Waals surface area contributed by atoms with Crippen molar-refractivity contribution in [2.75, 3.05) is 25.6 Å². The van der Waals surface area contributed by atoms with Crippen LogP contribution < -0.4 is 0 Å². The van der Waals surface area contributed by atoms with Crippen LogP contribution in [0.3, 0.4) is 0 Å². The lowest BCUT2D eigenvalue weighted by atomic mass is 9.79. The molecule has 1 N–H and O–H groups in total. The standard InChI is InChI=1S/C27H31O5PS/c1-26(2,25(28)34-20-19-32-33(3,29)30)21-31-27(22-13-7-4-8-14-22,23-15-9-5-10-16-23)24-17-11-6-12-18-24/h4-18H,19-21H2,1-3H3,(H,29,30). The van der Waals surface area contributed by atoms with Crippen LogP contribution >= 0.6 is 19.4 Å². The maximum atomic E-state index is 13.0. The predicted octanol–water partition coefficient (Wildman–Crippen LogP) is 6.11. The second-order valence-electron chi connectivity index (χ2n) is 8.72. The van der Waals surface area contributed by atoms with Gasteiger partial charge in [0.15, 0.2) is 5.12 Å². The van der Waals surface area contributed by atoms with Crippen molar-refractivity contribution in [3.8, 4) is 0 Å². The Morgan fingerprint density at radius 3 is 1.65 bits per heavy atom. The first-order valence-corrected chi connectivity index (χ1v) is 14.1. The van der Waals surface area contributed by atoms with Crippen LogP contribution in [0.4, 0.5) is 0 Å². The Bertz CT molecular complexity index is 1000. The summed E-state index contributed by atoms with van der Waals surface area (Å²) in [6.45, 7) is 5.04. The Balaban J connectivity index is 1.91. The molecule has 1 unspecified atom stereocenters. The van der Waals surface area contributed by atoms with Crippen molar-refractivity contribution in [3.63, 3.8) is 0 Å². The van der Waals surface area contributed by atoms with E-state index >= 15 is 0 Å². The van der Waals surface area contributed by atoms with Crippen LogP contribution in [-0.2, 0) is 24.2 Å². The first-order valence-electron chi connectivity index (χ1n) is 11.1. The highest BCUT2D eigenvalue weighted by atomic mass is 32.2. The fourth-order valence-corrected chi connectivity index (χ4v) is 5.01. The predicted molar refractivity (Wildman–Crippen MR) is 138 cm³/mol. The van der Waals surface area contributed by atoms with Crippen LogP contribution in [0.1, 0.15) is 30.5 Å². The summed E-state index contributed by atoms with van der Waals surface area (Å²) in [5.74, 6) is 0.294. The summed E-state index contributed by atoms with van der Waals surface area (Å²) in [6, 6.07) is 30.1. The van der Waals surface area contributed by atoms with E-state index < -0.39 is 18.6 Å². The Labute approximate surface area is 206 Å². The highest BCUT2D eigenvalue weighted by molar-refractivity contribution is 8.13. The van der Waals surface area contributed by atoms with Crippen molar-refractivity contribution in [2.45, 2.75) is 19.4 Å². The molecule has 180 valence electrons. The summed E-state index contributed by atoms with van der Waals surface area (Å²) in [6.07, 6.45) is 0. The van der Waals surface area contributed by atoms with Crippen LogP contribution in [0.25, 0.3) is 0 Å². The number of hydrogen-bond donors (Lipinski definition) is 1. The van der Waals surface area contributed by atoms with Crippen LogP contribution in [0, 0.1) is 5.41 Å². The Kier molecular flexibility index (Phi) is 8.91. The van der Waals surface area contributed by atoms with Crippen molar-refractivity contribution in [3.05, 3.63) is 108 Å². The molecule has 0 aliphatic rings. The van der Waals surface area contributed by atoms with E-state index in [-0.39, 0.29) is 18.3 Å². The van der Waals surface area contributed by atoms with Gasteiger partial charge in [0.05, 0.1) is 18.6 Å². The minimum absolute atomic E-state index is 0.0274. The molecule has 0 fully saturated rings. The van der Waals surface area contributed by atoms with Gasteiger partial charge in [0.25, 0.3) is 0 Å². The van der Waals surface area contributed by atoms with E-state index in [0.717, 1.165) is 35.1 Å². The summed E-state index contributed by atoms with van der Waals surface area (Å²) in [5, 5.41) is -0.0666. The summed E-state index contributed by atoms with van der Waals surface area (Å²) in [5.41, 5.74) is 1.21. The van der Waals surface area contributed by atoms with Gasteiger partial charge in [-0.2, -0.15) is 0 Å². The molecule has 5 nitrogen and oxygen atoms in total. The number of carbonyl (C=O) groups excluding carboxylic acids is 1. The number of thioether (sulfide) groups is 1. The van der Waals surface area contributed by atoms with Gasteiger partial charge in [-0.25, -0.2) is 0 Å². The van der Waals surface area contributed by atoms with Gasteiger partial charge in [-0.05, 0) is 30.5 Å². The molecule has 3 rings (SSSR count). The first kappa shape index (κ1) is 26.4. The molecule has 34 heavy (non-hydrogen) atoms. The van der Waals surface area contributed by atoms with Crippen LogP contribution in [0.5, 0.6) is 0 Å². The average Bonchev–Trinajstić information content (AvgIpc) is 2.83. The third-order valence-corrected chi connectivity index (χ3v) is 7.24. The molecule has 0 heterocycles. The smallest absolute Gasteiger partial charge is 0.325 e. The van der Waals surface area contributed by atoms with E-state index in [1.807, 2.05) is 105 Å². The van der Waals surface area contributed by atoms with Crippen molar-refractivity contribution >= 4 is 24.5 Å². The second kappa shape index (κ2) is 11.5. The lowest BCUT2D eigenvalue weighted by molar-refractivity contribution is -0.124. The van der Waals surface area contributed by atoms with Crippen molar-refractivity contribution < 1.29 is 23.5 Å². The molecule has 0 saturated carbocycles. The Morgan fingerprint density at radius 2 is 1.26 bits per heavy atom. The highest BCUT2D eigenvalue weighted by Gasteiger charge is 2.40. The number of ether oxygens (including phenoxy) is 1. The molecule has 0 radical (unpaired) electrons. The topological polar surface area (TPSA) is 72.8 Å². The van der Waals surface area contributed by atoms with Crippen molar-refractivity contribution in [1.82, 2.24) is 0 Å². The van der Waals surface area contributed by atoms with E-state index in [2.05, 4.69) is 0 Å². The molecule has 0 amide bonds. The summed E-state index contributed by atoms with van der Waals surface area (Å²) < 4.78 is 23.0. The van der Waals surface area contributed by atoms with Gasteiger partial charge in [-0.15, -0.1) is 0 Å². The van der Waals surface area contributed by atoms with E-state index in [4.69, 9.17) is 9.26 Å². The van der Waals surface area contributed by atoms with Gasteiger partial charge in [-0.3, -0.25) is 9.36 Å². The molecule has 3 aromatic rings. The molecule has 0 aliphatic carbocycles. The first-order chi connectivity index (χ1) is 16.2. The van der Waals surface area contributed by atoms with Crippen LogP contribution in [0.2, 0.25) is 0 Å². The minimum Gasteiger partial charge on any atom is -0.360 e. The third kappa shape index (κ3) is 6.68. The average molecular weight is 499 g/mol. The number of hydrogen-bond acceptors (Lipinski definition) is 5. The number of carbonyl (C=O) groups is 1. The molecule has 7 heteroatoms. The molecular formula is C27H31O5PS.